The minimum atomic E-state index is -0.532. The molecule has 3 nitrogen and oxygen atoms in total. The fourth-order valence-corrected chi connectivity index (χ4v) is 1.59. The Morgan fingerprint density at radius 2 is 2.00 bits per heavy atom. The first-order valence-corrected chi connectivity index (χ1v) is 6.03. The molecule has 1 aromatic rings. The van der Waals surface area contributed by atoms with Gasteiger partial charge in [-0.05, 0) is 11.6 Å². The van der Waals surface area contributed by atoms with Gasteiger partial charge in [-0.15, -0.1) is 0 Å². The Balaban J connectivity index is 2.54. The number of allylic oxidation sites excluding steroid dienone is 1. The third-order valence-corrected chi connectivity index (χ3v) is 2.90. The van der Waals surface area contributed by atoms with Crippen molar-refractivity contribution in [2.75, 3.05) is 7.11 Å². The minimum Gasteiger partial charge on any atom is -0.469 e. The van der Waals surface area contributed by atoms with Crippen molar-refractivity contribution in [2.45, 2.75) is 11.2 Å². The monoisotopic (exact) mass is 296 g/mol. The summed E-state index contributed by atoms with van der Waals surface area (Å²) in [7, 11) is 1.30. The number of alkyl halides is 1. The predicted molar refractivity (Wildman–Crippen MR) is 69.8 cm³/mol. The van der Waals surface area contributed by atoms with Crippen LogP contribution in [0.15, 0.2) is 36.4 Å². The zero-order valence-corrected chi connectivity index (χ0v) is 11.0. The Kier molecular flexibility index (Phi) is 5.63. The summed E-state index contributed by atoms with van der Waals surface area (Å²) in [5.41, 5.74) is 0.943. The first-order chi connectivity index (χ1) is 8.13. The molecule has 4 heteroatoms. The highest BCUT2D eigenvalue weighted by atomic mass is 79.9. The van der Waals surface area contributed by atoms with E-state index < -0.39 is 10.8 Å². The molecule has 1 unspecified atom stereocenters. The van der Waals surface area contributed by atoms with Crippen LogP contribution in [-0.4, -0.2) is 23.7 Å². The average molecular weight is 297 g/mol. The van der Waals surface area contributed by atoms with Gasteiger partial charge in [0, 0.05) is 0 Å². The number of halogens is 1. The quantitative estimate of drug-likeness (QED) is 0.476. The fourth-order valence-electron chi connectivity index (χ4n) is 1.18. The maximum absolute atomic E-state index is 11.6. The third-order valence-electron chi connectivity index (χ3n) is 2.12. The summed E-state index contributed by atoms with van der Waals surface area (Å²) in [6, 6.07) is 9.48. The fraction of sp³-hybridized carbons (Fsp3) is 0.231. The molecule has 1 aromatic carbocycles. The number of hydrogen-bond acceptors (Lipinski definition) is 3. The SMILES string of the molecule is COC(=O)CC(Br)C(=O)C=Cc1ccccc1. The molecule has 0 aliphatic heterocycles. The summed E-state index contributed by atoms with van der Waals surface area (Å²) < 4.78 is 4.49. The van der Waals surface area contributed by atoms with Crippen molar-refractivity contribution < 1.29 is 14.3 Å². The smallest absolute Gasteiger partial charge is 0.307 e. The standard InChI is InChI=1S/C13H13BrO3/c1-17-13(16)9-11(14)12(15)8-7-10-5-3-2-4-6-10/h2-8,11H,9H2,1H3. The molecule has 0 aliphatic rings. The molecule has 0 saturated carbocycles. The summed E-state index contributed by atoms with van der Waals surface area (Å²) in [6.45, 7) is 0. The molecule has 0 radical (unpaired) electrons. The van der Waals surface area contributed by atoms with E-state index in [0.29, 0.717) is 0 Å². The normalized spacial score (nSPS) is 12.4. The van der Waals surface area contributed by atoms with E-state index in [0.717, 1.165) is 5.56 Å². The highest BCUT2D eigenvalue weighted by Crippen LogP contribution is 2.10. The van der Waals surface area contributed by atoms with Crippen LogP contribution in [0.4, 0.5) is 0 Å². The van der Waals surface area contributed by atoms with Crippen LogP contribution in [0.1, 0.15) is 12.0 Å². The summed E-state index contributed by atoms with van der Waals surface area (Å²) in [4.78, 5) is 22.1. The first kappa shape index (κ1) is 13.6. The molecule has 0 N–H and O–H groups in total. The van der Waals surface area contributed by atoms with E-state index in [4.69, 9.17) is 0 Å². The molecule has 1 atom stereocenters. The third kappa shape index (κ3) is 4.95. The van der Waals surface area contributed by atoms with Crippen LogP contribution in [0.5, 0.6) is 0 Å². The van der Waals surface area contributed by atoms with E-state index in [2.05, 4.69) is 20.7 Å². The Bertz CT molecular complexity index is 412. The minimum absolute atomic E-state index is 0.0362. The highest BCUT2D eigenvalue weighted by Gasteiger charge is 2.16. The van der Waals surface area contributed by atoms with E-state index in [9.17, 15) is 9.59 Å². The Morgan fingerprint density at radius 3 is 2.59 bits per heavy atom. The Labute approximate surface area is 109 Å². The van der Waals surface area contributed by atoms with Gasteiger partial charge in [-0.1, -0.05) is 52.3 Å². The maximum Gasteiger partial charge on any atom is 0.307 e. The van der Waals surface area contributed by atoms with E-state index in [-0.39, 0.29) is 12.2 Å². The van der Waals surface area contributed by atoms with Gasteiger partial charge in [-0.25, -0.2) is 0 Å². The summed E-state index contributed by atoms with van der Waals surface area (Å²) in [6.07, 6.45) is 3.21. The van der Waals surface area contributed by atoms with Gasteiger partial charge in [-0.3, -0.25) is 9.59 Å². The molecule has 1 rings (SSSR count). The van der Waals surface area contributed by atoms with E-state index in [1.54, 1.807) is 6.08 Å². The van der Waals surface area contributed by atoms with Gasteiger partial charge in [0.05, 0.1) is 18.4 Å². The van der Waals surface area contributed by atoms with Crippen LogP contribution >= 0.6 is 15.9 Å². The molecule has 0 spiro atoms. The number of ketones is 1. The van der Waals surface area contributed by atoms with Crippen molar-refractivity contribution >= 4 is 33.8 Å². The molecular formula is C13H13BrO3. The molecule has 0 bridgehead atoms. The van der Waals surface area contributed by atoms with Gasteiger partial charge in [0.15, 0.2) is 5.78 Å². The predicted octanol–water partition coefficient (Wildman–Crippen LogP) is 2.60. The van der Waals surface area contributed by atoms with Crippen molar-refractivity contribution in [2.24, 2.45) is 0 Å². The van der Waals surface area contributed by atoms with Gasteiger partial charge in [0.2, 0.25) is 0 Å². The molecule has 0 fully saturated rings. The number of methoxy groups -OCH3 is 1. The van der Waals surface area contributed by atoms with Crippen LogP contribution in [-0.2, 0) is 14.3 Å². The zero-order valence-electron chi connectivity index (χ0n) is 9.43. The number of esters is 1. The van der Waals surface area contributed by atoms with Crippen molar-refractivity contribution in [3.05, 3.63) is 42.0 Å². The van der Waals surface area contributed by atoms with Gasteiger partial charge in [0.25, 0.3) is 0 Å². The van der Waals surface area contributed by atoms with Crippen LogP contribution in [0.25, 0.3) is 6.08 Å². The van der Waals surface area contributed by atoms with Gasteiger partial charge >= 0.3 is 5.97 Å². The molecular weight excluding hydrogens is 284 g/mol. The summed E-state index contributed by atoms with van der Waals surface area (Å²) in [5.74, 6) is -0.562. The van der Waals surface area contributed by atoms with Crippen molar-refractivity contribution in [3.63, 3.8) is 0 Å². The lowest BCUT2D eigenvalue weighted by molar-refractivity contribution is -0.141. The molecule has 17 heavy (non-hydrogen) atoms. The second-order valence-electron chi connectivity index (χ2n) is 3.39. The highest BCUT2D eigenvalue weighted by molar-refractivity contribution is 9.10. The zero-order chi connectivity index (χ0) is 12.7. The summed E-state index contributed by atoms with van der Waals surface area (Å²) >= 11 is 3.16. The van der Waals surface area contributed by atoms with Crippen molar-refractivity contribution in [1.82, 2.24) is 0 Å². The van der Waals surface area contributed by atoms with Crippen molar-refractivity contribution in [1.29, 1.82) is 0 Å². The first-order valence-electron chi connectivity index (χ1n) is 5.11. The van der Waals surface area contributed by atoms with E-state index in [1.165, 1.54) is 13.2 Å². The van der Waals surface area contributed by atoms with Crippen LogP contribution in [0.3, 0.4) is 0 Å². The largest absolute Gasteiger partial charge is 0.469 e. The lowest BCUT2D eigenvalue weighted by Crippen LogP contribution is -2.16. The number of rotatable bonds is 5. The van der Waals surface area contributed by atoms with E-state index in [1.807, 2.05) is 30.3 Å². The number of carbonyl (C=O) groups is 2. The number of benzene rings is 1. The molecule has 0 aliphatic carbocycles. The number of ether oxygens (including phenoxy) is 1. The summed E-state index contributed by atoms with van der Waals surface area (Å²) in [5, 5.41) is 0. The molecule has 0 heterocycles. The van der Waals surface area contributed by atoms with Crippen LogP contribution in [0, 0.1) is 0 Å². The average Bonchev–Trinajstić information content (AvgIpc) is 2.36. The topological polar surface area (TPSA) is 43.4 Å². The van der Waals surface area contributed by atoms with Gasteiger partial charge in [-0.2, -0.15) is 0 Å². The Morgan fingerprint density at radius 1 is 1.35 bits per heavy atom. The van der Waals surface area contributed by atoms with Gasteiger partial charge < -0.3 is 4.74 Å². The van der Waals surface area contributed by atoms with Crippen molar-refractivity contribution in [3.8, 4) is 0 Å². The number of hydrogen-bond donors (Lipinski definition) is 0. The lowest BCUT2D eigenvalue weighted by Gasteiger charge is -2.03. The van der Waals surface area contributed by atoms with Crippen LogP contribution < -0.4 is 0 Å². The maximum atomic E-state index is 11.6. The molecule has 0 amide bonds. The molecule has 0 saturated heterocycles. The van der Waals surface area contributed by atoms with Crippen LogP contribution in [0.2, 0.25) is 0 Å². The second kappa shape index (κ2) is 7.01. The second-order valence-corrected chi connectivity index (χ2v) is 4.50. The lowest BCUT2D eigenvalue weighted by atomic mass is 10.1. The number of carbonyl (C=O) groups excluding carboxylic acids is 2. The molecule has 0 aromatic heterocycles. The van der Waals surface area contributed by atoms with E-state index >= 15 is 0 Å². The molecule has 90 valence electrons. The van der Waals surface area contributed by atoms with Gasteiger partial charge in [0.1, 0.15) is 0 Å². The Hall–Kier alpha value is -1.42.